The molecule has 0 atom stereocenters. The van der Waals surface area contributed by atoms with E-state index in [0.29, 0.717) is 11.1 Å². The van der Waals surface area contributed by atoms with Crippen LogP contribution >= 0.6 is 0 Å². The van der Waals surface area contributed by atoms with E-state index in [0.717, 1.165) is 40.9 Å². The first-order valence-corrected chi connectivity index (χ1v) is 7.84. The molecule has 0 saturated heterocycles. The van der Waals surface area contributed by atoms with Crippen LogP contribution in [0.5, 0.6) is 5.75 Å². The van der Waals surface area contributed by atoms with Gasteiger partial charge in [0.2, 0.25) is 0 Å². The Morgan fingerprint density at radius 2 is 1.87 bits per heavy atom. The number of benzene rings is 2. The molecule has 0 spiro atoms. The highest BCUT2D eigenvalue weighted by molar-refractivity contribution is 6.17. The van der Waals surface area contributed by atoms with Crippen molar-refractivity contribution in [3.63, 3.8) is 0 Å². The summed E-state index contributed by atoms with van der Waals surface area (Å²) in [4.78, 5) is 13.0. The topological polar surface area (TPSA) is 39.4 Å². The highest BCUT2D eigenvalue weighted by Gasteiger charge is 2.22. The number of rotatable bonds is 5. The van der Waals surface area contributed by atoms with Crippen molar-refractivity contribution in [1.82, 2.24) is 0 Å². The number of furan rings is 1. The summed E-state index contributed by atoms with van der Waals surface area (Å²) in [5, 5.41) is 0.818. The van der Waals surface area contributed by atoms with Gasteiger partial charge in [-0.3, -0.25) is 4.79 Å². The third-order valence-electron chi connectivity index (χ3n) is 3.99. The van der Waals surface area contributed by atoms with E-state index in [1.807, 2.05) is 49.4 Å². The van der Waals surface area contributed by atoms with Gasteiger partial charge >= 0.3 is 0 Å². The number of ether oxygens (including phenoxy) is 1. The quantitative estimate of drug-likeness (QED) is 0.627. The van der Waals surface area contributed by atoms with Gasteiger partial charge in [0, 0.05) is 17.4 Å². The first-order chi connectivity index (χ1) is 11.1. The van der Waals surface area contributed by atoms with Gasteiger partial charge in [-0.2, -0.15) is 0 Å². The number of hydrogen-bond acceptors (Lipinski definition) is 3. The molecule has 0 saturated carbocycles. The molecule has 1 aromatic heterocycles. The second kappa shape index (κ2) is 6.29. The smallest absolute Gasteiger partial charge is 0.197 e. The fourth-order valence-electron chi connectivity index (χ4n) is 2.76. The zero-order valence-electron chi connectivity index (χ0n) is 13.7. The molecular weight excluding hydrogens is 288 g/mol. The summed E-state index contributed by atoms with van der Waals surface area (Å²) in [5.41, 5.74) is 3.20. The second-order valence-electron chi connectivity index (χ2n) is 5.71. The molecule has 118 valence electrons. The number of ketones is 1. The molecule has 23 heavy (non-hydrogen) atoms. The van der Waals surface area contributed by atoms with Gasteiger partial charge in [-0.15, -0.1) is 0 Å². The van der Waals surface area contributed by atoms with E-state index < -0.39 is 0 Å². The number of carbonyl (C=O) groups is 1. The average molecular weight is 308 g/mol. The Hall–Kier alpha value is -2.55. The normalized spacial score (nSPS) is 10.9. The van der Waals surface area contributed by atoms with Gasteiger partial charge in [-0.05, 0) is 31.5 Å². The zero-order valence-corrected chi connectivity index (χ0v) is 13.7. The zero-order chi connectivity index (χ0) is 16.4. The van der Waals surface area contributed by atoms with Crippen molar-refractivity contribution in [2.24, 2.45) is 0 Å². The van der Waals surface area contributed by atoms with Crippen molar-refractivity contribution < 1.29 is 13.9 Å². The third kappa shape index (κ3) is 2.87. The molecule has 0 unspecified atom stereocenters. The van der Waals surface area contributed by atoms with Crippen molar-refractivity contribution in [2.75, 3.05) is 7.11 Å². The van der Waals surface area contributed by atoms with E-state index in [-0.39, 0.29) is 5.78 Å². The van der Waals surface area contributed by atoms with Crippen LogP contribution < -0.4 is 4.74 Å². The van der Waals surface area contributed by atoms with Gasteiger partial charge in [0.05, 0.1) is 12.7 Å². The number of carbonyl (C=O) groups excluding carboxylic acids is 1. The van der Waals surface area contributed by atoms with Crippen molar-refractivity contribution in [3.8, 4) is 5.75 Å². The van der Waals surface area contributed by atoms with Crippen LogP contribution in [0.1, 0.15) is 40.6 Å². The lowest BCUT2D eigenvalue weighted by Crippen LogP contribution is -2.04. The predicted octanol–water partition coefficient (Wildman–Crippen LogP) is 4.93. The molecule has 0 aliphatic heterocycles. The third-order valence-corrected chi connectivity index (χ3v) is 3.99. The highest BCUT2D eigenvalue weighted by atomic mass is 16.5. The van der Waals surface area contributed by atoms with Crippen LogP contribution in [-0.2, 0) is 6.42 Å². The van der Waals surface area contributed by atoms with Gasteiger partial charge in [0.25, 0.3) is 0 Å². The van der Waals surface area contributed by atoms with Crippen LogP contribution in [0.4, 0.5) is 0 Å². The minimum atomic E-state index is 0.000420. The highest BCUT2D eigenvalue weighted by Crippen LogP contribution is 2.32. The first kappa shape index (κ1) is 15.3. The van der Waals surface area contributed by atoms with Crippen LogP contribution in [-0.4, -0.2) is 12.9 Å². The lowest BCUT2D eigenvalue weighted by Gasteiger charge is -2.04. The number of fused-ring (bicyclic) bond motifs is 1. The van der Waals surface area contributed by atoms with Crippen molar-refractivity contribution in [1.29, 1.82) is 0 Å². The van der Waals surface area contributed by atoms with Gasteiger partial charge in [0.1, 0.15) is 17.1 Å². The maximum atomic E-state index is 13.0. The molecule has 3 rings (SSSR count). The maximum absolute atomic E-state index is 13.0. The number of hydrogen-bond donors (Lipinski definition) is 0. The van der Waals surface area contributed by atoms with E-state index in [4.69, 9.17) is 9.15 Å². The van der Waals surface area contributed by atoms with Gasteiger partial charge in [0.15, 0.2) is 5.78 Å². The summed E-state index contributed by atoms with van der Waals surface area (Å²) >= 11 is 0. The largest absolute Gasteiger partial charge is 0.497 e. The summed E-state index contributed by atoms with van der Waals surface area (Å²) in [7, 11) is 1.62. The Labute approximate surface area is 135 Å². The first-order valence-electron chi connectivity index (χ1n) is 7.84. The fraction of sp³-hybridized carbons (Fsp3) is 0.250. The molecule has 0 aliphatic rings. The SMILES string of the molecule is CCCc1oc2ccc(OC)cc2c1C(=O)c1ccc(C)cc1. The van der Waals surface area contributed by atoms with E-state index in [9.17, 15) is 4.79 Å². The van der Waals surface area contributed by atoms with Crippen LogP contribution in [0, 0.1) is 6.92 Å². The molecule has 3 heteroatoms. The molecule has 1 heterocycles. The molecule has 3 aromatic rings. The number of methoxy groups -OCH3 is 1. The summed E-state index contributed by atoms with van der Waals surface area (Å²) in [6.07, 6.45) is 1.66. The summed E-state index contributed by atoms with van der Waals surface area (Å²) in [5.74, 6) is 1.47. The molecule has 0 aliphatic carbocycles. The molecule has 2 aromatic carbocycles. The maximum Gasteiger partial charge on any atom is 0.197 e. The van der Waals surface area contributed by atoms with E-state index in [1.54, 1.807) is 7.11 Å². The standard InChI is InChI=1S/C20H20O3/c1-4-5-18-19(20(21)14-8-6-13(2)7-9-14)16-12-15(22-3)10-11-17(16)23-18/h6-12H,4-5H2,1-3H3. The van der Waals surface area contributed by atoms with E-state index in [2.05, 4.69) is 6.92 Å². The lowest BCUT2D eigenvalue weighted by atomic mass is 9.98. The van der Waals surface area contributed by atoms with Crippen LogP contribution in [0.2, 0.25) is 0 Å². The Morgan fingerprint density at radius 3 is 2.52 bits per heavy atom. The predicted molar refractivity (Wildman–Crippen MR) is 91.4 cm³/mol. The Kier molecular flexibility index (Phi) is 4.20. The van der Waals surface area contributed by atoms with Crippen LogP contribution in [0.25, 0.3) is 11.0 Å². The summed E-state index contributed by atoms with van der Waals surface area (Å²) < 4.78 is 11.2. The molecule has 0 N–H and O–H groups in total. The van der Waals surface area contributed by atoms with Gasteiger partial charge in [-0.25, -0.2) is 0 Å². The molecular formula is C20H20O3. The lowest BCUT2D eigenvalue weighted by molar-refractivity contribution is 0.103. The van der Waals surface area contributed by atoms with Gasteiger partial charge < -0.3 is 9.15 Å². The van der Waals surface area contributed by atoms with E-state index >= 15 is 0 Å². The van der Waals surface area contributed by atoms with Gasteiger partial charge in [-0.1, -0.05) is 36.8 Å². The average Bonchev–Trinajstić information content (AvgIpc) is 2.92. The Morgan fingerprint density at radius 1 is 1.13 bits per heavy atom. The van der Waals surface area contributed by atoms with Crippen molar-refractivity contribution >= 4 is 16.8 Å². The molecule has 0 bridgehead atoms. The minimum Gasteiger partial charge on any atom is -0.497 e. The summed E-state index contributed by atoms with van der Waals surface area (Å²) in [6.45, 7) is 4.09. The fourth-order valence-corrected chi connectivity index (χ4v) is 2.76. The summed E-state index contributed by atoms with van der Waals surface area (Å²) in [6, 6.07) is 13.2. The minimum absolute atomic E-state index is 0.000420. The van der Waals surface area contributed by atoms with Crippen molar-refractivity contribution in [3.05, 3.63) is 64.9 Å². The molecule has 0 fully saturated rings. The molecule has 3 nitrogen and oxygen atoms in total. The number of aryl methyl sites for hydroxylation is 2. The second-order valence-corrected chi connectivity index (χ2v) is 5.71. The monoisotopic (exact) mass is 308 g/mol. The van der Waals surface area contributed by atoms with Crippen LogP contribution in [0.15, 0.2) is 46.9 Å². The van der Waals surface area contributed by atoms with E-state index in [1.165, 1.54) is 0 Å². The Bertz CT molecular complexity index is 841. The Balaban J connectivity index is 2.18. The van der Waals surface area contributed by atoms with Crippen molar-refractivity contribution in [2.45, 2.75) is 26.7 Å². The molecule has 0 amide bonds. The molecule has 0 radical (unpaired) electrons. The van der Waals surface area contributed by atoms with Crippen LogP contribution in [0.3, 0.4) is 0 Å².